The lowest BCUT2D eigenvalue weighted by atomic mass is 10.1. The van der Waals surface area contributed by atoms with Gasteiger partial charge in [0.1, 0.15) is 0 Å². The number of carbonyl (C=O) groups excluding carboxylic acids is 3. The topological polar surface area (TPSA) is 78.5 Å². The van der Waals surface area contributed by atoms with Gasteiger partial charge < -0.3 is 10.6 Å². The normalized spacial score (nSPS) is 15.3. The zero-order valence-electron chi connectivity index (χ0n) is 13.3. The predicted molar refractivity (Wildman–Crippen MR) is 89.3 cm³/mol. The van der Waals surface area contributed by atoms with Crippen molar-refractivity contribution in [2.24, 2.45) is 0 Å². The van der Waals surface area contributed by atoms with Gasteiger partial charge in [0.05, 0.1) is 6.54 Å². The van der Waals surface area contributed by atoms with Crippen LogP contribution < -0.4 is 10.6 Å². The first-order valence-corrected chi connectivity index (χ1v) is 7.39. The molecule has 2 rings (SSSR count). The zero-order valence-corrected chi connectivity index (χ0v) is 14.1. The number of imide groups is 1. The molecule has 1 aromatic rings. The lowest BCUT2D eigenvalue weighted by molar-refractivity contribution is -0.139. The molecular weight excluding hydrogens is 318 g/mol. The molecule has 126 valence electrons. The van der Waals surface area contributed by atoms with Gasteiger partial charge in [-0.15, -0.1) is 12.4 Å². The minimum atomic E-state index is -0.137. The number of halogens is 1. The van der Waals surface area contributed by atoms with Crippen molar-refractivity contribution < 1.29 is 14.4 Å². The molecule has 3 amide bonds. The van der Waals surface area contributed by atoms with Crippen LogP contribution in [0.1, 0.15) is 35.7 Å². The monoisotopic (exact) mass is 339 g/mol. The van der Waals surface area contributed by atoms with Crippen molar-refractivity contribution in [3.05, 3.63) is 35.4 Å². The second kappa shape index (κ2) is 8.64. The number of rotatable bonds is 6. The first-order chi connectivity index (χ1) is 10.5. The molecular formula is C16H22ClN3O3. The highest BCUT2D eigenvalue weighted by Crippen LogP contribution is 2.16. The highest BCUT2D eigenvalue weighted by molar-refractivity contribution is 6.01. The number of likely N-dealkylation sites (N-methyl/N-ethyl adjacent to an activating group) is 1. The smallest absolute Gasteiger partial charge is 0.251 e. The lowest BCUT2D eigenvalue weighted by Crippen LogP contribution is -2.37. The Hall–Kier alpha value is -1.92. The van der Waals surface area contributed by atoms with Crippen molar-refractivity contribution in [2.45, 2.75) is 32.4 Å². The largest absolute Gasteiger partial charge is 0.350 e. The van der Waals surface area contributed by atoms with Gasteiger partial charge in [0.25, 0.3) is 5.91 Å². The number of hydrogen-bond acceptors (Lipinski definition) is 4. The van der Waals surface area contributed by atoms with Gasteiger partial charge in [0.2, 0.25) is 11.8 Å². The fraction of sp³-hybridized carbons (Fsp3) is 0.438. The summed E-state index contributed by atoms with van der Waals surface area (Å²) in [5.41, 5.74) is 1.40. The van der Waals surface area contributed by atoms with Crippen molar-refractivity contribution in [3.8, 4) is 0 Å². The van der Waals surface area contributed by atoms with Gasteiger partial charge in [-0.25, -0.2) is 0 Å². The SMILES string of the molecule is CNC(C)CNC(=O)c1ccc(CN2C(=O)CCC2=O)cc1.Cl. The van der Waals surface area contributed by atoms with E-state index in [1.807, 2.05) is 14.0 Å². The van der Waals surface area contributed by atoms with Gasteiger partial charge in [0, 0.05) is 31.0 Å². The van der Waals surface area contributed by atoms with Crippen LogP contribution in [0, 0.1) is 0 Å². The van der Waals surface area contributed by atoms with E-state index < -0.39 is 0 Å². The van der Waals surface area contributed by atoms with E-state index in [4.69, 9.17) is 0 Å². The van der Waals surface area contributed by atoms with Gasteiger partial charge in [-0.1, -0.05) is 12.1 Å². The van der Waals surface area contributed by atoms with Crippen molar-refractivity contribution in [1.82, 2.24) is 15.5 Å². The summed E-state index contributed by atoms with van der Waals surface area (Å²) in [5, 5.41) is 5.88. The molecule has 0 aliphatic carbocycles. The average Bonchev–Trinajstić information content (AvgIpc) is 2.84. The highest BCUT2D eigenvalue weighted by Gasteiger charge is 2.28. The molecule has 0 saturated carbocycles. The van der Waals surface area contributed by atoms with Crippen molar-refractivity contribution in [3.63, 3.8) is 0 Å². The molecule has 1 aliphatic heterocycles. The molecule has 23 heavy (non-hydrogen) atoms. The van der Waals surface area contributed by atoms with E-state index in [1.165, 1.54) is 4.90 Å². The van der Waals surface area contributed by atoms with Crippen LogP contribution in [0.5, 0.6) is 0 Å². The predicted octanol–water partition coefficient (Wildman–Crippen LogP) is 1.10. The summed E-state index contributed by atoms with van der Waals surface area (Å²) in [4.78, 5) is 36.4. The molecule has 2 N–H and O–H groups in total. The molecule has 1 heterocycles. The van der Waals surface area contributed by atoms with Crippen molar-refractivity contribution >= 4 is 30.1 Å². The maximum absolute atomic E-state index is 12.0. The van der Waals surface area contributed by atoms with E-state index in [0.29, 0.717) is 24.9 Å². The molecule has 1 unspecified atom stereocenters. The van der Waals surface area contributed by atoms with E-state index >= 15 is 0 Å². The summed E-state index contributed by atoms with van der Waals surface area (Å²) in [7, 11) is 1.84. The maximum Gasteiger partial charge on any atom is 0.251 e. The molecule has 1 atom stereocenters. The van der Waals surface area contributed by atoms with Crippen molar-refractivity contribution in [2.75, 3.05) is 13.6 Å². The van der Waals surface area contributed by atoms with Crippen LogP contribution in [0.2, 0.25) is 0 Å². The third kappa shape index (κ3) is 5.04. The molecule has 1 fully saturated rings. The molecule has 0 spiro atoms. The Balaban J connectivity index is 0.00000264. The van der Waals surface area contributed by atoms with E-state index in [9.17, 15) is 14.4 Å². The number of carbonyl (C=O) groups is 3. The molecule has 1 aromatic carbocycles. The summed E-state index contributed by atoms with van der Waals surface area (Å²) in [6.45, 7) is 2.80. The van der Waals surface area contributed by atoms with E-state index in [2.05, 4.69) is 10.6 Å². The van der Waals surface area contributed by atoms with Crippen LogP contribution >= 0.6 is 12.4 Å². The lowest BCUT2D eigenvalue weighted by Gasteiger charge is -2.14. The Bertz CT molecular complexity index is 558. The summed E-state index contributed by atoms with van der Waals surface area (Å²) < 4.78 is 0. The number of benzene rings is 1. The molecule has 0 aromatic heterocycles. The fourth-order valence-electron chi connectivity index (χ4n) is 2.19. The first kappa shape index (κ1) is 19.1. The Morgan fingerprint density at radius 1 is 1.17 bits per heavy atom. The highest BCUT2D eigenvalue weighted by atomic mass is 35.5. The minimum Gasteiger partial charge on any atom is -0.350 e. The van der Waals surface area contributed by atoms with Gasteiger partial charge in [-0.2, -0.15) is 0 Å². The van der Waals surface area contributed by atoms with Gasteiger partial charge in [0.15, 0.2) is 0 Å². The van der Waals surface area contributed by atoms with Gasteiger partial charge in [-0.3, -0.25) is 19.3 Å². The third-order valence-corrected chi connectivity index (χ3v) is 3.77. The van der Waals surface area contributed by atoms with Gasteiger partial charge >= 0.3 is 0 Å². The van der Waals surface area contributed by atoms with Crippen molar-refractivity contribution in [1.29, 1.82) is 0 Å². The van der Waals surface area contributed by atoms with Crippen LogP contribution in [-0.2, 0) is 16.1 Å². The Kier molecular flexibility index (Phi) is 7.19. The second-order valence-electron chi connectivity index (χ2n) is 5.47. The molecule has 6 nitrogen and oxygen atoms in total. The van der Waals surface area contributed by atoms with Crippen LogP contribution in [0.15, 0.2) is 24.3 Å². The minimum absolute atomic E-state index is 0. The second-order valence-corrected chi connectivity index (χ2v) is 5.47. The molecule has 1 saturated heterocycles. The van der Waals surface area contributed by atoms with Gasteiger partial charge in [-0.05, 0) is 31.7 Å². The van der Waals surface area contributed by atoms with Crippen LogP contribution in [0.4, 0.5) is 0 Å². The number of hydrogen-bond donors (Lipinski definition) is 2. The maximum atomic E-state index is 12.0. The molecule has 0 radical (unpaired) electrons. The molecule has 1 aliphatic rings. The third-order valence-electron chi connectivity index (χ3n) is 3.77. The first-order valence-electron chi connectivity index (χ1n) is 7.39. The summed E-state index contributed by atoms with van der Waals surface area (Å²) in [5.74, 6) is -0.400. The average molecular weight is 340 g/mol. The Morgan fingerprint density at radius 2 is 1.74 bits per heavy atom. The number of nitrogens with one attached hydrogen (secondary N) is 2. The van der Waals surface area contributed by atoms with Crippen LogP contribution in [-0.4, -0.2) is 42.3 Å². The van der Waals surface area contributed by atoms with Crippen LogP contribution in [0.25, 0.3) is 0 Å². The van der Waals surface area contributed by atoms with E-state index in [0.717, 1.165) is 5.56 Å². The van der Waals surface area contributed by atoms with E-state index in [-0.39, 0.29) is 42.7 Å². The number of nitrogens with zero attached hydrogens (tertiary/aromatic N) is 1. The summed E-state index contributed by atoms with van der Waals surface area (Å²) in [6.07, 6.45) is 0.589. The molecule has 7 heteroatoms. The number of amides is 3. The van der Waals surface area contributed by atoms with Crippen LogP contribution in [0.3, 0.4) is 0 Å². The van der Waals surface area contributed by atoms with E-state index in [1.54, 1.807) is 24.3 Å². The zero-order chi connectivity index (χ0) is 16.1. The molecule has 0 bridgehead atoms. The summed E-state index contributed by atoms with van der Waals surface area (Å²) in [6, 6.07) is 7.17. The Morgan fingerprint density at radius 3 is 2.26 bits per heavy atom. The quantitative estimate of drug-likeness (QED) is 0.761. The summed E-state index contributed by atoms with van der Waals surface area (Å²) >= 11 is 0. The Labute approximate surface area is 142 Å². The fourth-order valence-corrected chi connectivity index (χ4v) is 2.19. The standard InChI is InChI=1S/C16H21N3O3.ClH/c1-11(17-2)9-18-16(22)13-5-3-12(4-6-13)10-19-14(20)7-8-15(19)21;/h3-6,11,17H,7-10H2,1-2H3,(H,18,22);1H. The number of likely N-dealkylation sites (tertiary alicyclic amines) is 1.